The molecular formula is C21H47Cl2N. The van der Waals surface area contributed by atoms with Crippen LogP contribution in [0.15, 0.2) is 0 Å². The Morgan fingerprint density at radius 1 is 0.458 bits per heavy atom. The maximum atomic E-state index is 2.30. The third kappa shape index (κ3) is 27.4. The fourth-order valence-electron chi connectivity index (χ4n) is 3.13. The number of nitrogens with zero attached hydrogens (tertiary/aromatic N) is 1. The first-order valence-corrected chi connectivity index (χ1v) is 10.4. The number of quaternary nitrogens is 1. The van der Waals surface area contributed by atoms with Crippen LogP contribution in [-0.4, -0.2) is 32.2 Å². The zero-order valence-corrected chi connectivity index (χ0v) is 18.8. The zero-order valence-electron chi connectivity index (χ0n) is 17.3. The van der Waals surface area contributed by atoms with E-state index in [2.05, 4.69) is 28.1 Å². The second-order valence-corrected chi connectivity index (χ2v) is 8.32. The number of unbranched alkanes of at least 4 members (excludes halogenated alkanes) is 15. The van der Waals surface area contributed by atoms with Crippen molar-refractivity contribution in [2.75, 3.05) is 27.7 Å². The van der Waals surface area contributed by atoms with Crippen molar-refractivity contribution in [2.24, 2.45) is 0 Å². The second kappa shape index (κ2) is 21.6. The van der Waals surface area contributed by atoms with Crippen molar-refractivity contribution in [1.82, 2.24) is 0 Å². The Morgan fingerprint density at radius 2 is 0.708 bits per heavy atom. The molecule has 0 saturated carbocycles. The molecule has 150 valence electrons. The lowest BCUT2D eigenvalue weighted by Gasteiger charge is -2.23. The van der Waals surface area contributed by atoms with Crippen molar-refractivity contribution in [3.63, 3.8) is 0 Å². The first kappa shape index (κ1) is 29.3. The Kier molecular flexibility index (Phi) is 26.4. The molecule has 0 atom stereocenters. The molecule has 24 heavy (non-hydrogen) atoms. The lowest BCUT2D eigenvalue weighted by Crippen LogP contribution is -3.00. The van der Waals surface area contributed by atoms with Crippen LogP contribution in [-0.2, 0) is 0 Å². The molecule has 0 N–H and O–H groups in total. The van der Waals surface area contributed by atoms with Gasteiger partial charge in [0, 0.05) is 0 Å². The molecule has 0 rings (SSSR count). The topological polar surface area (TPSA) is 0 Å². The van der Waals surface area contributed by atoms with E-state index in [4.69, 9.17) is 0 Å². The van der Waals surface area contributed by atoms with Gasteiger partial charge in [-0.1, -0.05) is 96.8 Å². The van der Waals surface area contributed by atoms with E-state index < -0.39 is 0 Å². The molecule has 0 aliphatic rings. The number of rotatable bonds is 17. The molecule has 0 spiro atoms. The third-order valence-corrected chi connectivity index (χ3v) is 4.68. The molecular weight excluding hydrogens is 337 g/mol. The lowest BCUT2D eigenvalue weighted by atomic mass is 10.0. The average Bonchev–Trinajstić information content (AvgIpc) is 2.45. The van der Waals surface area contributed by atoms with Gasteiger partial charge in [-0.2, -0.15) is 0 Å². The molecule has 0 bridgehead atoms. The van der Waals surface area contributed by atoms with Crippen LogP contribution in [0.4, 0.5) is 0 Å². The summed E-state index contributed by atoms with van der Waals surface area (Å²) in [6, 6.07) is 0. The Morgan fingerprint density at radius 3 is 0.958 bits per heavy atom. The minimum atomic E-state index is 0. The van der Waals surface area contributed by atoms with Gasteiger partial charge in [0.05, 0.1) is 27.7 Å². The summed E-state index contributed by atoms with van der Waals surface area (Å²) in [5.41, 5.74) is 0. The average molecular weight is 385 g/mol. The quantitative estimate of drug-likeness (QED) is 0.258. The van der Waals surface area contributed by atoms with E-state index in [1.165, 1.54) is 109 Å². The summed E-state index contributed by atoms with van der Waals surface area (Å²) >= 11 is 0. The predicted molar refractivity (Wildman–Crippen MR) is 110 cm³/mol. The van der Waals surface area contributed by atoms with Crippen LogP contribution in [0.25, 0.3) is 0 Å². The van der Waals surface area contributed by atoms with Crippen LogP contribution in [0.3, 0.4) is 0 Å². The molecule has 0 aromatic carbocycles. The summed E-state index contributed by atoms with van der Waals surface area (Å²) in [6.45, 7) is 3.63. The summed E-state index contributed by atoms with van der Waals surface area (Å²) in [5, 5.41) is 0. The van der Waals surface area contributed by atoms with Gasteiger partial charge in [-0.3, -0.25) is 0 Å². The molecule has 0 radical (unpaired) electrons. The molecule has 0 saturated heterocycles. The fraction of sp³-hybridized carbons (Fsp3) is 1.00. The van der Waals surface area contributed by atoms with Crippen LogP contribution in [0, 0.1) is 0 Å². The molecule has 0 unspecified atom stereocenters. The maximum absolute atomic E-state index is 2.30. The largest absolute Gasteiger partial charge is 1.00 e. The molecule has 0 fully saturated rings. The number of hydrogen-bond donors (Lipinski definition) is 0. The maximum Gasteiger partial charge on any atom is 0.0780 e. The van der Waals surface area contributed by atoms with Gasteiger partial charge in [0.2, 0.25) is 0 Å². The highest BCUT2D eigenvalue weighted by Gasteiger charge is 2.04. The molecule has 0 aliphatic heterocycles. The normalized spacial score (nSPS) is 11.0. The molecule has 0 heterocycles. The summed E-state index contributed by atoms with van der Waals surface area (Å²) < 4.78 is 1.12. The second-order valence-electron chi connectivity index (χ2n) is 8.32. The molecule has 0 aromatic heterocycles. The van der Waals surface area contributed by atoms with Crippen molar-refractivity contribution in [3.05, 3.63) is 0 Å². The van der Waals surface area contributed by atoms with Crippen LogP contribution in [0.2, 0.25) is 0 Å². The van der Waals surface area contributed by atoms with E-state index in [9.17, 15) is 0 Å². The molecule has 0 aliphatic carbocycles. The molecule has 1 nitrogen and oxygen atoms in total. The summed E-state index contributed by atoms with van der Waals surface area (Å²) in [6.07, 6.45) is 23.4. The Labute approximate surface area is 166 Å². The molecule has 0 amide bonds. The standard InChI is InChI=1S/C21H46N.2ClH/c1-5-6-7-8-9-10-11-12-13-14-15-16-17-18-19-20-21-22(2,3)4;;/h5-21H2,1-4H3;2*1H/q+1;;/p-1. The van der Waals surface area contributed by atoms with Crippen LogP contribution in [0.5, 0.6) is 0 Å². The van der Waals surface area contributed by atoms with Gasteiger partial charge in [0.15, 0.2) is 0 Å². The van der Waals surface area contributed by atoms with Crippen molar-refractivity contribution in [2.45, 2.75) is 110 Å². The Hall–Kier alpha value is 0.540. The molecule has 0 aromatic rings. The van der Waals surface area contributed by atoms with Crippen LogP contribution in [0.1, 0.15) is 110 Å². The van der Waals surface area contributed by atoms with Crippen molar-refractivity contribution < 1.29 is 16.9 Å². The zero-order chi connectivity index (χ0) is 16.5. The van der Waals surface area contributed by atoms with Gasteiger partial charge in [-0.25, -0.2) is 0 Å². The lowest BCUT2D eigenvalue weighted by molar-refractivity contribution is -0.870. The van der Waals surface area contributed by atoms with E-state index in [1.54, 1.807) is 0 Å². The predicted octanol–water partition coefficient (Wildman–Crippen LogP) is 4.38. The SMILES string of the molecule is CCCCCCCCCCCCCCCCCC[N+](C)(C)C.Cl.[Cl-]. The van der Waals surface area contributed by atoms with Gasteiger partial charge >= 0.3 is 0 Å². The smallest absolute Gasteiger partial charge is 0.0780 e. The van der Waals surface area contributed by atoms with E-state index >= 15 is 0 Å². The number of halogens is 2. The van der Waals surface area contributed by atoms with E-state index in [0.29, 0.717) is 0 Å². The first-order chi connectivity index (χ1) is 10.6. The Bertz CT molecular complexity index is 214. The fourth-order valence-corrected chi connectivity index (χ4v) is 3.13. The van der Waals surface area contributed by atoms with Gasteiger partial charge in [-0.15, -0.1) is 12.4 Å². The summed E-state index contributed by atoms with van der Waals surface area (Å²) in [7, 11) is 6.89. The van der Waals surface area contributed by atoms with Crippen LogP contribution >= 0.6 is 12.4 Å². The summed E-state index contributed by atoms with van der Waals surface area (Å²) in [4.78, 5) is 0. The minimum absolute atomic E-state index is 0. The van der Waals surface area contributed by atoms with Crippen molar-refractivity contribution in [1.29, 1.82) is 0 Å². The van der Waals surface area contributed by atoms with Crippen LogP contribution < -0.4 is 12.4 Å². The van der Waals surface area contributed by atoms with Gasteiger partial charge in [-0.05, 0) is 12.8 Å². The van der Waals surface area contributed by atoms with Crippen molar-refractivity contribution in [3.8, 4) is 0 Å². The van der Waals surface area contributed by atoms with Crippen molar-refractivity contribution >= 4 is 12.4 Å². The molecule has 3 heteroatoms. The van der Waals surface area contributed by atoms with Gasteiger partial charge < -0.3 is 16.9 Å². The Balaban J connectivity index is -0.00000220. The first-order valence-electron chi connectivity index (χ1n) is 10.4. The number of hydrogen-bond acceptors (Lipinski definition) is 0. The van der Waals surface area contributed by atoms with Gasteiger partial charge in [0.1, 0.15) is 0 Å². The highest BCUT2D eigenvalue weighted by Crippen LogP contribution is 2.13. The minimum Gasteiger partial charge on any atom is -1.00 e. The highest BCUT2D eigenvalue weighted by atomic mass is 35.5. The third-order valence-electron chi connectivity index (χ3n) is 4.68. The van der Waals surface area contributed by atoms with E-state index in [-0.39, 0.29) is 24.8 Å². The highest BCUT2D eigenvalue weighted by molar-refractivity contribution is 5.85. The van der Waals surface area contributed by atoms with E-state index in [1.807, 2.05) is 0 Å². The monoisotopic (exact) mass is 383 g/mol. The van der Waals surface area contributed by atoms with E-state index in [0.717, 1.165) is 4.48 Å². The summed E-state index contributed by atoms with van der Waals surface area (Å²) in [5.74, 6) is 0. The van der Waals surface area contributed by atoms with Gasteiger partial charge in [0.25, 0.3) is 0 Å².